The SMILES string of the molecule is Fc1cc(Br)cc(OC(F)(F)F)c1Br. The molecule has 7 heteroatoms. The summed E-state index contributed by atoms with van der Waals surface area (Å²) >= 11 is 5.49. The summed E-state index contributed by atoms with van der Waals surface area (Å²) in [5.41, 5.74) is 0. The highest BCUT2D eigenvalue weighted by Gasteiger charge is 2.32. The maximum atomic E-state index is 12.9. The normalized spacial score (nSPS) is 11.6. The molecule has 0 amide bonds. The molecular formula is C7H2Br2F4O. The van der Waals surface area contributed by atoms with Crippen LogP contribution in [0.5, 0.6) is 5.75 Å². The standard InChI is InChI=1S/C7H2Br2F4O/c8-3-1-4(10)6(9)5(2-3)14-7(11,12)13/h1-2H. The number of rotatable bonds is 1. The van der Waals surface area contributed by atoms with Crippen LogP contribution in [-0.2, 0) is 0 Å². The summed E-state index contributed by atoms with van der Waals surface area (Å²) in [4.78, 5) is 0. The molecule has 0 fully saturated rings. The topological polar surface area (TPSA) is 9.23 Å². The molecule has 1 aromatic rings. The van der Waals surface area contributed by atoms with E-state index in [2.05, 4.69) is 36.6 Å². The molecule has 0 aliphatic heterocycles. The fourth-order valence-corrected chi connectivity index (χ4v) is 1.45. The molecule has 14 heavy (non-hydrogen) atoms. The highest BCUT2D eigenvalue weighted by Crippen LogP contribution is 2.34. The maximum absolute atomic E-state index is 12.9. The van der Waals surface area contributed by atoms with Gasteiger partial charge in [0.25, 0.3) is 0 Å². The first-order valence-corrected chi connectivity index (χ1v) is 4.78. The van der Waals surface area contributed by atoms with E-state index in [1.54, 1.807) is 0 Å². The fourth-order valence-electron chi connectivity index (χ4n) is 0.731. The summed E-state index contributed by atoms with van der Waals surface area (Å²) in [6.45, 7) is 0. The van der Waals surface area contributed by atoms with Crippen molar-refractivity contribution in [2.45, 2.75) is 6.36 Å². The lowest BCUT2D eigenvalue weighted by Gasteiger charge is -2.11. The molecule has 78 valence electrons. The second-order valence-corrected chi connectivity index (χ2v) is 3.96. The van der Waals surface area contributed by atoms with Gasteiger partial charge in [0.2, 0.25) is 0 Å². The van der Waals surface area contributed by atoms with Crippen LogP contribution in [0.2, 0.25) is 0 Å². The number of benzene rings is 1. The number of alkyl halides is 3. The summed E-state index contributed by atoms with van der Waals surface area (Å²) in [5.74, 6) is -1.46. The molecule has 1 aromatic carbocycles. The van der Waals surface area contributed by atoms with E-state index in [1.807, 2.05) is 0 Å². The van der Waals surface area contributed by atoms with Gasteiger partial charge < -0.3 is 4.74 Å². The van der Waals surface area contributed by atoms with E-state index in [-0.39, 0.29) is 8.95 Å². The van der Waals surface area contributed by atoms with Gasteiger partial charge >= 0.3 is 6.36 Å². The molecule has 0 atom stereocenters. The zero-order valence-electron chi connectivity index (χ0n) is 6.33. The first-order chi connectivity index (χ1) is 6.29. The molecule has 0 spiro atoms. The van der Waals surface area contributed by atoms with Crippen LogP contribution in [0.4, 0.5) is 17.6 Å². The Morgan fingerprint density at radius 1 is 1.14 bits per heavy atom. The van der Waals surface area contributed by atoms with Crippen molar-refractivity contribution in [3.8, 4) is 5.75 Å². The lowest BCUT2D eigenvalue weighted by molar-refractivity contribution is -0.275. The molecule has 0 N–H and O–H groups in total. The quantitative estimate of drug-likeness (QED) is 0.550. The van der Waals surface area contributed by atoms with Gasteiger partial charge in [-0.25, -0.2) is 4.39 Å². The van der Waals surface area contributed by atoms with Crippen LogP contribution in [0.1, 0.15) is 0 Å². The van der Waals surface area contributed by atoms with Gasteiger partial charge in [0, 0.05) is 4.47 Å². The second kappa shape index (κ2) is 4.06. The van der Waals surface area contributed by atoms with Crippen LogP contribution in [0.3, 0.4) is 0 Å². The summed E-state index contributed by atoms with van der Waals surface area (Å²) in [5, 5.41) is 0. The van der Waals surface area contributed by atoms with Crippen LogP contribution in [0.15, 0.2) is 21.1 Å². The first-order valence-electron chi connectivity index (χ1n) is 3.20. The Labute approximate surface area is 93.3 Å². The molecule has 0 saturated carbocycles. The van der Waals surface area contributed by atoms with Crippen molar-refractivity contribution in [3.05, 3.63) is 26.9 Å². The van der Waals surface area contributed by atoms with Crippen molar-refractivity contribution in [1.82, 2.24) is 0 Å². The molecule has 1 rings (SSSR count). The van der Waals surface area contributed by atoms with Crippen LogP contribution in [0, 0.1) is 5.82 Å². The average molecular weight is 338 g/mol. The van der Waals surface area contributed by atoms with Gasteiger partial charge in [-0.3, -0.25) is 0 Å². The summed E-state index contributed by atoms with van der Waals surface area (Å²) in [6.07, 6.45) is -4.84. The van der Waals surface area contributed by atoms with Crippen LogP contribution < -0.4 is 4.74 Å². The van der Waals surface area contributed by atoms with Crippen LogP contribution in [0.25, 0.3) is 0 Å². The zero-order valence-corrected chi connectivity index (χ0v) is 9.50. The third-order valence-electron chi connectivity index (χ3n) is 1.19. The van der Waals surface area contributed by atoms with Crippen LogP contribution in [-0.4, -0.2) is 6.36 Å². The van der Waals surface area contributed by atoms with Crippen molar-refractivity contribution in [3.63, 3.8) is 0 Å². The lowest BCUT2D eigenvalue weighted by atomic mass is 10.3. The number of ether oxygens (including phenoxy) is 1. The minimum absolute atomic E-state index is 0.164. The molecule has 0 bridgehead atoms. The van der Waals surface area contributed by atoms with Crippen molar-refractivity contribution < 1.29 is 22.3 Å². The van der Waals surface area contributed by atoms with Crippen molar-refractivity contribution in [2.75, 3.05) is 0 Å². The molecule has 0 unspecified atom stereocenters. The highest BCUT2D eigenvalue weighted by atomic mass is 79.9. The number of hydrogen-bond acceptors (Lipinski definition) is 1. The highest BCUT2D eigenvalue weighted by molar-refractivity contribution is 9.11. The van der Waals surface area contributed by atoms with E-state index < -0.39 is 17.9 Å². The van der Waals surface area contributed by atoms with Crippen molar-refractivity contribution in [2.24, 2.45) is 0 Å². The Hall–Kier alpha value is -0.300. The van der Waals surface area contributed by atoms with E-state index in [4.69, 9.17) is 0 Å². The second-order valence-electron chi connectivity index (χ2n) is 2.25. The molecular weight excluding hydrogens is 336 g/mol. The minimum atomic E-state index is -4.84. The average Bonchev–Trinajstić information content (AvgIpc) is 1.96. The smallest absolute Gasteiger partial charge is 0.404 e. The minimum Gasteiger partial charge on any atom is -0.404 e. The Morgan fingerprint density at radius 3 is 2.21 bits per heavy atom. The zero-order chi connectivity index (χ0) is 10.9. The van der Waals surface area contributed by atoms with Crippen molar-refractivity contribution in [1.29, 1.82) is 0 Å². The predicted molar refractivity (Wildman–Crippen MR) is 48.5 cm³/mol. The summed E-state index contributed by atoms with van der Waals surface area (Å²) < 4.78 is 51.7. The predicted octanol–water partition coefficient (Wildman–Crippen LogP) is 4.25. The summed E-state index contributed by atoms with van der Waals surface area (Å²) in [6, 6.07) is 2.04. The Bertz CT molecular complexity index is 350. The van der Waals surface area contributed by atoms with E-state index in [0.717, 1.165) is 12.1 Å². The molecule has 1 nitrogen and oxygen atoms in total. The Balaban J connectivity index is 3.09. The Kier molecular flexibility index (Phi) is 3.41. The third kappa shape index (κ3) is 3.13. The number of hydrogen-bond donors (Lipinski definition) is 0. The summed E-state index contributed by atoms with van der Waals surface area (Å²) in [7, 11) is 0. The fraction of sp³-hybridized carbons (Fsp3) is 0.143. The van der Waals surface area contributed by atoms with E-state index in [1.165, 1.54) is 0 Å². The Morgan fingerprint density at radius 2 is 1.71 bits per heavy atom. The molecule has 0 heterocycles. The van der Waals surface area contributed by atoms with E-state index in [9.17, 15) is 17.6 Å². The first kappa shape index (κ1) is 11.8. The van der Waals surface area contributed by atoms with Gasteiger partial charge in [0.15, 0.2) is 0 Å². The molecule has 0 aliphatic rings. The largest absolute Gasteiger partial charge is 0.573 e. The van der Waals surface area contributed by atoms with Gasteiger partial charge in [-0.1, -0.05) is 15.9 Å². The van der Waals surface area contributed by atoms with Gasteiger partial charge in [-0.05, 0) is 28.1 Å². The van der Waals surface area contributed by atoms with Gasteiger partial charge in [0.1, 0.15) is 11.6 Å². The third-order valence-corrected chi connectivity index (χ3v) is 2.41. The van der Waals surface area contributed by atoms with Crippen LogP contribution >= 0.6 is 31.9 Å². The molecule has 0 saturated heterocycles. The van der Waals surface area contributed by atoms with E-state index >= 15 is 0 Å². The van der Waals surface area contributed by atoms with Crippen molar-refractivity contribution >= 4 is 31.9 Å². The number of halogens is 6. The maximum Gasteiger partial charge on any atom is 0.573 e. The van der Waals surface area contributed by atoms with Gasteiger partial charge in [-0.15, -0.1) is 13.2 Å². The van der Waals surface area contributed by atoms with Gasteiger partial charge in [-0.2, -0.15) is 0 Å². The lowest BCUT2D eigenvalue weighted by Crippen LogP contribution is -2.17. The monoisotopic (exact) mass is 336 g/mol. The van der Waals surface area contributed by atoms with Gasteiger partial charge in [0.05, 0.1) is 4.47 Å². The molecule has 0 radical (unpaired) electrons. The van der Waals surface area contributed by atoms with E-state index in [0.29, 0.717) is 0 Å². The molecule has 0 aromatic heterocycles. The molecule has 0 aliphatic carbocycles.